The first-order chi connectivity index (χ1) is 13.5. The number of rotatable bonds is 5. The molecule has 6 heteroatoms. The number of carbonyl (C=O) groups excluding carboxylic acids is 2. The Labute approximate surface area is 167 Å². The molecule has 0 spiro atoms. The zero-order valence-corrected chi connectivity index (χ0v) is 16.9. The minimum atomic E-state index is -0.427. The van der Waals surface area contributed by atoms with Gasteiger partial charge in [0.25, 0.3) is 0 Å². The summed E-state index contributed by atoms with van der Waals surface area (Å²) in [5.74, 6) is 0.570. The Morgan fingerprint density at radius 1 is 1.11 bits per heavy atom. The Balaban J connectivity index is 1.53. The van der Waals surface area contributed by atoms with E-state index >= 15 is 0 Å². The van der Waals surface area contributed by atoms with Crippen LogP contribution in [0.5, 0.6) is 0 Å². The van der Waals surface area contributed by atoms with Gasteiger partial charge in [-0.2, -0.15) is 0 Å². The number of morpholine rings is 1. The molecular formula is C22H31N3O3. The van der Waals surface area contributed by atoms with Crippen LogP contribution in [0, 0.1) is 11.8 Å². The molecule has 6 nitrogen and oxygen atoms in total. The average molecular weight is 386 g/mol. The summed E-state index contributed by atoms with van der Waals surface area (Å²) >= 11 is 0. The zero-order chi connectivity index (χ0) is 19.7. The Morgan fingerprint density at radius 2 is 1.75 bits per heavy atom. The number of nitrogens with zero attached hydrogens (tertiary/aromatic N) is 2. The molecule has 2 aliphatic heterocycles. The lowest BCUT2D eigenvalue weighted by Crippen LogP contribution is -2.67. The molecule has 1 aromatic carbocycles. The number of nitrogens with one attached hydrogen (secondary N) is 1. The minimum absolute atomic E-state index is 0.00233. The van der Waals surface area contributed by atoms with Gasteiger partial charge < -0.3 is 15.0 Å². The second kappa shape index (κ2) is 8.21. The summed E-state index contributed by atoms with van der Waals surface area (Å²) in [5, 5.41) is 3.09. The number of ether oxygens (including phenoxy) is 1. The van der Waals surface area contributed by atoms with Crippen LogP contribution in [0.1, 0.15) is 31.4 Å². The average Bonchev–Trinajstić information content (AvgIpc) is 3.11. The fourth-order valence-electron chi connectivity index (χ4n) is 4.74. The van der Waals surface area contributed by atoms with Gasteiger partial charge in [0, 0.05) is 13.1 Å². The Bertz CT molecular complexity index is 704. The molecule has 3 aliphatic rings. The van der Waals surface area contributed by atoms with Gasteiger partial charge in [0.15, 0.2) is 0 Å². The van der Waals surface area contributed by atoms with Crippen molar-refractivity contribution in [1.29, 1.82) is 0 Å². The number of hydrogen-bond acceptors (Lipinski definition) is 4. The van der Waals surface area contributed by atoms with Crippen LogP contribution < -0.4 is 5.32 Å². The number of amides is 2. The van der Waals surface area contributed by atoms with Crippen molar-refractivity contribution >= 4 is 11.8 Å². The van der Waals surface area contributed by atoms with E-state index in [2.05, 4.69) is 36.2 Å². The highest BCUT2D eigenvalue weighted by Gasteiger charge is 2.45. The second-order valence-corrected chi connectivity index (χ2v) is 8.75. The van der Waals surface area contributed by atoms with Crippen LogP contribution in [0.2, 0.25) is 0 Å². The molecule has 0 aromatic heterocycles. The highest BCUT2D eigenvalue weighted by Crippen LogP contribution is 2.31. The molecule has 0 unspecified atom stereocenters. The van der Waals surface area contributed by atoms with Crippen molar-refractivity contribution < 1.29 is 14.3 Å². The van der Waals surface area contributed by atoms with Crippen LogP contribution in [0.15, 0.2) is 24.3 Å². The van der Waals surface area contributed by atoms with Gasteiger partial charge in [-0.05, 0) is 42.2 Å². The maximum atomic E-state index is 13.5. The normalized spacial score (nSPS) is 26.6. The van der Waals surface area contributed by atoms with Gasteiger partial charge in [-0.25, -0.2) is 0 Å². The molecule has 1 aliphatic carbocycles. The molecule has 2 fully saturated rings. The third-order valence-electron chi connectivity index (χ3n) is 6.23. The van der Waals surface area contributed by atoms with E-state index in [9.17, 15) is 9.59 Å². The molecule has 1 N–H and O–H groups in total. The van der Waals surface area contributed by atoms with E-state index in [-0.39, 0.29) is 23.8 Å². The smallest absolute Gasteiger partial charge is 0.247 e. The van der Waals surface area contributed by atoms with Crippen LogP contribution in [0.4, 0.5) is 0 Å². The van der Waals surface area contributed by atoms with E-state index in [1.165, 1.54) is 11.1 Å². The summed E-state index contributed by atoms with van der Waals surface area (Å²) in [6.45, 7) is 7.70. The van der Waals surface area contributed by atoms with Crippen molar-refractivity contribution in [3.8, 4) is 0 Å². The maximum Gasteiger partial charge on any atom is 0.247 e. The quantitative estimate of drug-likeness (QED) is 0.833. The highest BCUT2D eigenvalue weighted by atomic mass is 16.5. The first kappa shape index (κ1) is 19.4. The van der Waals surface area contributed by atoms with Crippen molar-refractivity contribution in [2.24, 2.45) is 11.8 Å². The molecule has 0 bridgehead atoms. The first-order valence-electron chi connectivity index (χ1n) is 10.5. The van der Waals surface area contributed by atoms with Gasteiger partial charge in [-0.1, -0.05) is 38.1 Å². The molecule has 2 heterocycles. The molecule has 1 aromatic rings. The van der Waals surface area contributed by atoms with Crippen LogP contribution in [-0.4, -0.2) is 66.7 Å². The van der Waals surface area contributed by atoms with Gasteiger partial charge >= 0.3 is 0 Å². The van der Waals surface area contributed by atoms with Crippen molar-refractivity contribution in [2.45, 2.75) is 45.2 Å². The largest absolute Gasteiger partial charge is 0.379 e. The summed E-state index contributed by atoms with van der Waals surface area (Å²) < 4.78 is 5.44. The molecule has 0 saturated carbocycles. The monoisotopic (exact) mass is 385 g/mol. The SMILES string of the molecule is CC(C)C[C@@H]1C(=O)N[C@H](C2Cc3ccccc3C2)C(=O)N1CN1CCOCC1. The Morgan fingerprint density at radius 3 is 2.36 bits per heavy atom. The van der Waals surface area contributed by atoms with Crippen LogP contribution in [0.3, 0.4) is 0 Å². The molecule has 2 saturated heterocycles. The lowest BCUT2D eigenvalue weighted by atomic mass is 9.90. The third-order valence-corrected chi connectivity index (χ3v) is 6.23. The molecular weight excluding hydrogens is 354 g/mol. The summed E-state index contributed by atoms with van der Waals surface area (Å²) in [6.07, 6.45) is 2.40. The fraction of sp³-hybridized carbons (Fsp3) is 0.636. The number of fused-ring (bicyclic) bond motifs is 1. The van der Waals surface area contributed by atoms with E-state index in [1.54, 1.807) is 0 Å². The van der Waals surface area contributed by atoms with E-state index in [4.69, 9.17) is 4.74 Å². The molecule has 2 atom stereocenters. The van der Waals surface area contributed by atoms with Gasteiger partial charge in [0.05, 0.1) is 19.9 Å². The number of benzene rings is 1. The molecule has 28 heavy (non-hydrogen) atoms. The van der Waals surface area contributed by atoms with Crippen molar-refractivity contribution in [3.63, 3.8) is 0 Å². The van der Waals surface area contributed by atoms with Crippen LogP contribution >= 0.6 is 0 Å². The van der Waals surface area contributed by atoms with E-state index < -0.39 is 6.04 Å². The number of hydrogen-bond donors (Lipinski definition) is 1. The van der Waals surface area contributed by atoms with Crippen molar-refractivity contribution in [3.05, 3.63) is 35.4 Å². The summed E-state index contributed by atoms with van der Waals surface area (Å²) in [6, 6.07) is 7.56. The summed E-state index contributed by atoms with van der Waals surface area (Å²) in [5.41, 5.74) is 2.61. The molecule has 152 valence electrons. The van der Waals surface area contributed by atoms with Gasteiger partial charge in [0.1, 0.15) is 12.1 Å². The number of carbonyl (C=O) groups is 2. The lowest BCUT2D eigenvalue weighted by molar-refractivity contribution is -0.155. The van der Waals surface area contributed by atoms with Crippen molar-refractivity contribution in [1.82, 2.24) is 15.1 Å². The number of piperazine rings is 1. The second-order valence-electron chi connectivity index (χ2n) is 8.75. The summed E-state index contributed by atoms with van der Waals surface area (Å²) in [7, 11) is 0. The summed E-state index contributed by atoms with van der Waals surface area (Å²) in [4.78, 5) is 30.6. The molecule has 2 amide bonds. The van der Waals surface area contributed by atoms with Crippen LogP contribution in [0.25, 0.3) is 0 Å². The fourth-order valence-corrected chi connectivity index (χ4v) is 4.74. The highest BCUT2D eigenvalue weighted by molar-refractivity contribution is 5.97. The van der Waals surface area contributed by atoms with E-state index in [0.717, 1.165) is 25.9 Å². The maximum absolute atomic E-state index is 13.5. The lowest BCUT2D eigenvalue weighted by Gasteiger charge is -2.44. The topological polar surface area (TPSA) is 61.9 Å². The zero-order valence-electron chi connectivity index (χ0n) is 16.9. The molecule has 0 radical (unpaired) electrons. The standard InChI is InChI=1S/C22H31N3O3/c1-15(2)11-19-21(26)23-20(18-12-16-5-3-4-6-17(16)13-18)22(27)25(19)14-24-7-9-28-10-8-24/h3-6,15,18-20H,7-14H2,1-2H3,(H,23,26)/t19-,20-/m1/s1. The Hall–Kier alpha value is -1.92. The minimum Gasteiger partial charge on any atom is -0.379 e. The van der Waals surface area contributed by atoms with Crippen molar-refractivity contribution in [2.75, 3.05) is 33.0 Å². The third kappa shape index (κ3) is 3.94. The first-order valence-corrected chi connectivity index (χ1v) is 10.5. The van der Waals surface area contributed by atoms with Gasteiger partial charge in [0.2, 0.25) is 11.8 Å². The van der Waals surface area contributed by atoms with Crippen LogP contribution in [-0.2, 0) is 27.2 Å². The van der Waals surface area contributed by atoms with E-state index in [0.29, 0.717) is 32.2 Å². The Kier molecular flexibility index (Phi) is 5.69. The van der Waals surface area contributed by atoms with E-state index in [1.807, 2.05) is 17.0 Å². The molecule has 4 rings (SSSR count). The van der Waals surface area contributed by atoms with Gasteiger partial charge in [-0.3, -0.25) is 14.5 Å². The van der Waals surface area contributed by atoms with Gasteiger partial charge in [-0.15, -0.1) is 0 Å². The predicted octanol–water partition coefficient (Wildman–Crippen LogP) is 1.43. The predicted molar refractivity (Wildman–Crippen MR) is 107 cm³/mol.